The first-order valence-corrected chi connectivity index (χ1v) is 3.84. The Hall–Kier alpha value is -0.200. The van der Waals surface area contributed by atoms with Crippen LogP contribution in [-0.2, 0) is 9.47 Å². The molecule has 12 heavy (non-hydrogen) atoms. The molecule has 0 saturated carbocycles. The van der Waals surface area contributed by atoms with Crippen molar-refractivity contribution in [3.8, 4) is 0 Å². The zero-order chi connectivity index (χ0) is 9.14. The first-order chi connectivity index (χ1) is 5.69. The Kier molecular flexibility index (Phi) is 3.42. The molecule has 1 fully saturated rings. The molecule has 1 saturated heterocycles. The van der Waals surface area contributed by atoms with E-state index in [9.17, 15) is 10.2 Å². The van der Waals surface area contributed by atoms with E-state index in [0.29, 0.717) is 0 Å². The number of aliphatic hydroxyl groups excluding tert-OH is 3. The Morgan fingerprint density at radius 2 is 2.17 bits per heavy atom. The lowest BCUT2D eigenvalue weighted by Gasteiger charge is -2.35. The Labute approximate surface area is 70.5 Å². The molecular formula is C7H14O5. The molecule has 5 nitrogen and oxygen atoms in total. The molecule has 4 unspecified atom stereocenters. The molecule has 1 aliphatic heterocycles. The average molecular weight is 178 g/mol. The summed E-state index contributed by atoms with van der Waals surface area (Å²) >= 11 is 0. The van der Waals surface area contributed by atoms with Gasteiger partial charge in [0.25, 0.3) is 0 Å². The number of hydrogen-bond donors (Lipinski definition) is 3. The fraction of sp³-hybridized carbons (Fsp3) is 1.00. The summed E-state index contributed by atoms with van der Waals surface area (Å²) in [4.78, 5) is 0. The minimum atomic E-state index is -1.03. The van der Waals surface area contributed by atoms with Crippen LogP contribution in [0.1, 0.15) is 6.42 Å². The van der Waals surface area contributed by atoms with Gasteiger partial charge < -0.3 is 24.8 Å². The highest BCUT2D eigenvalue weighted by Gasteiger charge is 2.36. The molecule has 0 aliphatic carbocycles. The summed E-state index contributed by atoms with van der Waals surface area (Å²) in [6, 6.07) is 0. The molecule has 0 aromatic carbocycles. The van der Waals surface area contributed by atoms with Crippen LogP contribution in [0.3, 0.4) is 0 Å². The minimum Gasteiger partial charge on any atom is -0.394 e. The maximum atomic E-state index is 9.26. The van der Waals surface area contributed by atoms with E-state index in [-0.39, 0.29) is 13.0 Å². The van der Waals surface area contributed by atoms with E-state index in [0.717, 1.165) is 0 Å². The van der Waals surface area contributed by atoms with Gasteiger partial charge in [-0.2, -0.15) is 0 Å². The molecule has 4 atom stereocenters. The highest BCUT2D eigenvalue weighted by Crippen LogP contribution is 2.20. The highest BCUT2D eigenvalue weighted by molar-refractivity contribution is 4.81. The second-order valence-corrected chi connectivity index (χ2v) is 2.82. The third-order valence-corrected chi connectivity index (χ3v) is 1.98. The molecule has 1 aliphatic rings. The van der Waals surface area contributed by atoms with Crippen LogP contribution in [0.2, 0.25) is 0 Å². The van der Waals surface area contributed by atoms with Crippen LogP contribution < -0.4 is 0 Å². The number of aliphatic hydroxyl groups is 3. The Morgan fingerprint density at radius 3 is 2.67 bits per heavy atom. The highest BCUT2D eigenvalue weighted by atomic mass is 16.7. The maximum Gasteiger partial charge on any atom is 0.160 e. The van der Waals surface area contributed by atoms with Crippen LogP contribution in [-0.4, -0.2) is 53.6 Å². The van der Waals surface area contributed by atoms with Gasteiger partial charge in [-0.15, -0.1) is 0 Å². The summed E-state index contributed by atoms with van der Waals surface area (Å²) in [5.41, 5.74) is 0. The molecule has 3 N–H and O–H groups in total. The minimum absolute atomic E-state index is 0.230. The molecule has 72 valence electrons. The van der Waals surface area contributed by atoms with Crippen molar-refractivity contribution in [2.75, 3.05) is 13.7 Å². The van der Waals surface area contributed by atoms with Gasteiger partial charge in [0.1, 0.15) is 12.2 Å². The van der Waals surface area contributed by atoms with E-state index in [1.165, 1.54) is 7.11 Å². The van der Waals surface area contributed by atoms with Crippen molar-refractivity contribution in [3.05, 3.63) is 0 Å². The van der Waals surface area contributed by atoms with Crippen molar-refractivity contribution in [1.82, 2.24) is 0 Å². The molecular weight excluding hydrogens is 164 g/mol. The van der Waals surface area contributed by atoms with Crippen molar-refractivity contribution in [2.24, 2.45) is 0 Å². The summed E-state index contributed by atoms with van der Waals surface area (Å²) in [6.07, 6.45) is -2.98. The predicted molar refractivity (Wildman–Crippen MR) is 39.4 cm³/mol. The van der Waals surface area contributed by atoms with E-state index < -0.39 is 24.6 Å². The fourth-order valence-electron chi connectivity index (χ4n) is 1.22. The van der Waals surface area contributed by atoms with E-state index in [2.05, 4.69) is 0 Å². The summed E-state index contributed by atoms with van der Waals surface area (Å²) in [5.74, 6) is 0. The largest absolute Gasteiger partial charge is 0.394 e. The van der Waals surface area contributed by atoms with Gasteiger partial charge in [-0.3, -0.25) is 0 Å². The fourth-order valence-corrected chi connectivity index (χ4v) is 1.22. The zero-order valence-electron chi connectivity index (χ0n) is 6.88. The summed E-state index contributed by atoms with van der Waals surface area (Å²) in [6.45, 7) is -0.321. The molecule has 0 aromatic rings. The quantitative estimate of drug-likeness (QED) is 0.477. The smallest absolute Gasteiger partial charge is 0.160 e. The number of ether oxygens (including phenoxy) is 2. The SMILES string of the molecule is COC1CC(O)C(O)C(CO)O1. The number of rotatable bonds is 2. The lowest BCUT2D eigenvalue weighted by molar-refractivity contribution is -0.248. The standard InChI is InChI=1S/C7H14O5/c1-11-6-2-4(9)7(10)5(3-8)12-6/h4-10H,2-3H2,1H3. The van der Waals surface area contributed by atoms with Crippen molar-refractivity contribution >= 4 is 0 Å². The predicted octanol–water partition coefficient (Wildman–Crippen LogP) is -1.54. The Bertz CT molecular complexity index is 140. The van der Waals surface area contributed by atoms with Gasteiger partial charge in [-0.1, -0.05) is 0 Å². The topological polar surface area (TPSA) is 79.2 Å². The van der Waals surface area contributed by atoms with E-state index in [1.54, 1.807) is 0 Å². The molecule has 1 heterocycles. The summed E-state index contributed by atoms with van der Waals surface area (Å²) < 4.78 is 9.92. The third-order valence-electron chi connectivity index (χ3n) is 1.98. The molecule has 0 spiro atoms. The zero-order valence-corrected chi connectivity index (χ0v) is 6.88. The maximum absolute atomic E-state index is 9.26. The van der Waals surface area contributed by atoms with Crippen molar-refractivity contribution in [3.63, 3.8) is 0 Å². The molecule has 0 bridgehead atoms. The van der Waals surface area contributed by atoms with Gasteiger partial charge in [0, 0.05) is 13.5 Å². The van der Waals surface area contributed by atoms with Gasteiger partial charge in [-0.05, 0) is 0 Å². The Balaban J connectivity index is 2.52. The third kappa shape index (κ3) is 1.94. The van der Waals surface area contributed by atoms with Gasteiger partial charge >= 0.3 is 0 Å². The van der Waals surface area contributed by atoms with E-state index >= 15 is 0 Å². The first kappa shape index (κ1) is 9.88. The summed E-state index contributed by atoms with van der Waals surface area (Å²) in [7, 11) is 1.45. The molecule has 1 rings (SSSR count). The molecule has 0 amide bonds. The molecule has 0 radical (unpaired) electrons. The van der Waals surface area contributed by atoms with Gasteiger partial charge in [0.15, 0.2) is 6.29 Å². The second kappa shape index (κ2) is 4.15. The normalized spacial score (nSPS) is 43.0. The lowest BCUT2D eigenvalue weighted by atomic mass is 10.0. The average Bonchev–Trinajstić information content (AvgIpc) is 2.09. The first-order valence-electron chi connectivity index (χ1n) is 3.84. The monoisotopic (exact) mass is 178 g/mol. The van der Waals surface area contributed by atoms with Crippen LogP contribution in [0.5, 0.6) is 0 Å². The van der Waals surface area contributed by atoms with Gasteiger partial charge in [0.2, 0.25) is 0 Å². The summed E-state index contributed by atoms with van der Waals surface area (Å²) in [5, 5.41) is 27.3. The van der Waals surface area contributed by atoms with Crippen molar-refractivity contribution < 1.29 is 24.8 Å². The van der Waals surface area contributed by atoms with Gasteiger partial charge in [-0.25, -0.2) is 0 Å². The van der Waals surface area contributed by atoms with Crippen LogP contribution in [0.25, 0.3) is 0 Å². The molecule has 0 aromatic heterocycles. The van der Waals surface area contributed by atoms with Crippen molar-refractivity contribution in [2.45, 2.75) is 31.0 Å². The van der Waals surface area contributed by atoms with Crippen LogP contribution >= 0.6 is 0 Å². The second-order valence-electron chi connectivity index (χ2n) is 2.82. The lowest BCUT2D eigenvalue weighted by Crippen LogP contribution is -2.50. The number of methoxy groups -OCH3 is 1. The van der Waals surface area contributed by atoms with Crippen LogP contribution in [0.4, 0.5) is 0 Å². The number of hydrogen-bond acceptors (Lipinski definition) is 5. The molecule has 5 heteroatoms. The van der Waals surface area contributed by atoms with E-state index in [1.807, 2.05) is 0 Å². The van der Waals surface area contributed by atoms with Gasteiger partial charge in [0.05, 0.1) is 12.7 Å². The van der Waals surface area contributed by atoms with Crippen LogP contribution in [0, 0.1) is 0 Å². The van der Waals surface area contributed by atoms with Crippen molar-refractivity contribution in [1.29, 1.82) is 0 Å². The Morgan fingerprint density at radius 1 is 1.50 bits per heavy atom. The van der Waals surface area contributed by atoms with E-state index in [4.69, 9.17) is 14.6 Å². The van der Waals surface area contributed by atoms with Crippen LogP contribution in [0.15, 0.2) is 0 Å².